The first-order chi connectivity index (χ1) is 9.38. The van der Waals surface area contributed by atoms with E-state index in [0.717, 1.165) is 30.3 Å². The van der Waals surface area contributed by atoms with E-state index in [2.05, 4.69) is 41.9 Å². The first-order valence-corrected chi connectivity index (χ1v) is 7.98. The van der Waals surface area contributed by atoms with Crippen LogP contribution in [-0.2, 0) is 11.2 Å². The highest BCUT2D eigenvalue weighted by Gasteiger charge is 2.35. The molecule has 1 heterocycles. The summed E-state index contributed by atoms with van der Waals surface area (Å²) < 4.78 is 1.06. The number of hydrogen-bond acceptors (Lipinski definition) is 2. The number of likely N-dealkylation sites (tertiary alicyclic amines) is 1. The molecule has 1 amide bonds. The minimum absolute atomic E-state index is 0.119. The monoisotopic (exact) mass is 338 g/mol. The summed E-state index contributed by atoms with van der Waals surface area (Å²) in [7, 11) is 0. The molecule has 110 valence electrons. The lowest BCUT2D eigenvalue weighted by Crippen LogP contribution is -2.55. The normalized spacial score (nSPS) is 21.8. The number of aryl methyl sites for hydroxylation is 1. The zero-order valence-electron chi connectivity index (χ0n) is 12.2. The van der Waals surface area contributed by atoms with Crippen LogP contribution in [0.4, 0.5) is 0 Å². The van der Waals surface area contributed by atoms with Crippen molar-refractivity contribution in [3.8, 4) is 0 Å². The average molecular weight is 339 g/mol. The van der Waals surface area contributed by atoms with E-state index in [0.29, 0.717) is 6.42 Å². The lowest BCUT2D eigenvalue weighted by molar-refractivity contribution is -0.138. The van der Waals surface area contributed by atoms with Crippen LogP contribution >= 0.6 is 15.9 Å². The van der Waals surface area contributed by atoms with E-state index in [1.54, 1.807) is 0 Å². The molecule has 0 saturated carbocycles. The molecule has 4 heteroatoms. The number of halogens is 1. The minimum atomic E-state index is -0.119. The van der Waals surface area contributed by atoms with Crippen LogP contribution in [0.2, 0.25) is 0 Å². The van der Waals surface area contributed by atoms with Gasteiger partial charge in [0, 0.05) is 29.0 Å². The topological polar surface area (TPSA) is 46.3 Å². The fraction of sp³-hybridized carbons (Fsp3) is 0.562. The number of benzene rings is 1. The van der Waals surface area contributed by atoms with Gasteiger partial charge in [-0.3, -0.25) is 4.79 Å². The maximum atomic E-state index is 12.5. The zero-order valence-corrected chi connectivity index (χ0v) is 13.8. The Bertz CT molecular complexity index is 487. The number of carbonyl (C=O) groups is 1. The Morgan fingerprint density at radius 1 is 1.50 bits per heavy atom. The summed E-state index contributed by atoms with van der Waals surface area (Å²) in [6.45, 7) is 5.01. The van der Waals surface area contributed by atoms with E-state index in [4.69, 9.17) is 5.73 Å². The summed E-state index contributed by atoms with van der Waals surface area (Å²) in [5.74, 6) is 0.238. The van der Waals surface area contributed by atoms with Gasteiger partial charge in [0.25, 0.3) is 0 Å². The quantitative estimate of drug-likeness (QED) is 0.920. The Kier molecular flexibility index (Phi) is 4.86. The third-order valence-electron chi connectivity index (χ3n) is 4.03. The van der Waals surface area contributed by atoms with Gasteiger partial charge in [-0.25, -0.2) is 0 Å². The first-order valence-electron chi connectivity index (χ1n) is 7.19. The molecule has 1 aliphatic rings. The van der Waals surface area contributed by atoms with Gasteiger partial charge >= 0.3 is 0 Å². The van der Waals surface area contributed by atoms with E-state index in [-0.39, 0.29) is 17.5 Å². The maximum absolute atomic E-state index is 12.5. The molecule has 2 N–H and O–H groups in total. The highest BCUT2D eigenvalue weighted by molar-refractivity contribution is 9.10. The van der Waals surface area contributed by atoms with Gasteiger partial charge in [-0.05, 0) is 50.8 Å². The van der Waals surface area contributed by atoms with E-state index in [1.807, 2.05) is 17.0 Å². The predicted octanol–water partition coefficient (Wildman–Crippen LogP) is 3.11. The predicted molar refractivity (Wildman–Crippen MR) is 85.5 cm³/mol. The number of amides is 1. The van der Waals surface area contributed by atoms with Crippen molar-refractivity contribution in [2.24, 2.45) is 5.73 Å². The SMILES string of the molecule is CC1(C)CC(N)CCN1C(=O)CCc1cccc(Br)c1. The van der Waals surface area contributed by atoms with Gasteiger partial charge in [-0.2, -0.15) is 0 Å². The van der Waals surface area contributed by atoms with Crippen molar-refractivity contribution in [2.75, 3.05) is 6.54 Å². The summed E-state index contributed by atoms with van der Waals surface area (Å²) in [4.78, 5) is 14.5. The lowest BCUT2D eigenvalue weighted by atomic mass is 9.87. The molecule has 1 atom stereocenters. The van der Waals surface area contributed by atoms with E-state index >= 15 is 0 Å². The van der Waals surface area contributed by atoms with E-state index in [9.17, 15) is 4.79 Å². The van der Waals surface area contributed by atoms with Crippen molar-refractivity contribution in [2.45, 2.75) is 51.1 Å². The molecule has 0 radical (unpaired) electrons. The van der Waals surface area contributed by atoms with Crippen molar-refractivity contribution in [1.82, 2.24) is 4.90 Å². The number of hydrogen-bond donors (Lipinski definition) is 1. The van der Waals surface area contributed by atoms with Gasteiger partial charge in [0.2, 0.25) is 5.91 Å². The molecule has 1 aromatic rings. The van der Waals surface area contributed by atoms with Crippen molar-refractivity contribution in [1.29, 1.82) is 0 Å². The molecule has 1 unspecified atom stereocenters. The highest BCUT2D eigenvalue weighted by atomic mass is 79.9. The second-order valence-electron chi connectivity index (χ2n) is 6.24. The molecular weight excluding hydrogens is 316 g/mol. The van der Waals surface area contributed by atoms with Gasteiger partial charge < -0.3 is 10.6 Å². The summed E-state index contributed by atoms with van der Waals surface area (Å²) in [6, 6.07) is 8.37. The number of carbonyl (C=O) groups excluding carboxylic acids is 1. The molecule has 1 aromatic carbocycles. The van der Waals surface area contributed by atoms with Gasteiger partial charge in [-0.1, -0.05) is 28.1 Å². The first kappa shape index (κ1) is 15.5. The molecule has 0 spiro atoms. The summed E-state index contributed by atoms with van der Waals surface area (Å²) in [6.07, 6.45) is 3.15. The zero-order chi connectivity index (χ0) is 14.8. The van der Waals surface area contributed by atoms with Gasteiger partial charge in [0.1, 0.15) is 0 Å². The van der Waals surface area contributed by atoms with Crippen molar-refractivity contribution in [3.63, 3.8) is 0 Å². The van der Waals surface area contributed by atoms with Crippen LogP contribution in [-0.4, -0.2) is 28.9 Å². The Hall–Kier alpha value is -0.870. The lowest BCUT2D eigenvalue weighted by Gasteiger charge is -2.45. The van der Waals surface area contributed by atoms with Crippen molar-refractivity contribution in [3.05, 3.63) is 34.3 Å². The summed E-state index contributed by atoms with van der Waals surface area (Å²) in [5.41, 5.74) is 7.09. The van der Waals surface area contributed by atoms with Crippen LogP contribution in [0.3, 0.4) is 0 Å². The Balaban J connectivity index is 1.95. The molecule has 1 aliphatic heterocycles. The van der Waals surface area contributed by atoms with Crippen molar-refractivity contribution >= 4 is 21.8 Å². The standard InChI is InChI=1S/C16H23BrN2O/c1-16(2)11-14(18)8-9-19(16)15(20)7-6-12-4-3-5-13(17)10-12/h3-5,10,14H,6-9,11,18H2,1-2H3. The number of piperidine rings is 1. The van der Waals surface area contributed by atoms with E-state index < -0.39 is 0 Å². The minimum Gasteiger partial charge on any atom is -0.337 e. The van der Waals surface area contributed by atoms with Crippen LogP contribution < -0.4 is 5.73 Å². The Labute approximate surface area is 129 Å². The number of nitrogens with two attached hydrogens (primary N) is 1. The molecular formula is C16H23BrN2O. The molecule has 2 rings (SSSR count). The number of rotatable bonds is 3. The van der Waals surface area contributed by atoms with Gasteiger partial charge in [0.15, 0.2) is 0 Å². The number of nitrogens with zero attached hydrogens (tertiary/aromatic N) is 1. The summed E-state index contributed by atoms with van der Waals surface area (Å²) >= 11 is 3.46. The van der Waals surface area contributed by atoms with E-state index in [1.165, 1.54) is 5.56 Å². The largest absolute Gasteiger partial charge is 0.337 e. The highest BCUT2D eigenvalue weighted by Crippen LogP contribution is 2.27. The molecule has 0 aromatic heterocycles. The molecule has 20 heavy (non-hydrogen) atoms. The third-order valence-corrected chi connectivity index (χ3v) is 4.53. The molecule has 1 fully saturated rings. The molecule has 3 nitrogen and oxygen atoms in total. The average Bonchev–Trinajstić information content (AvgIpc) is 2.35. The van der Waals surface area contributed by atoms with Crippen LogP contribution in [0, 0.1) is 0 Å². The van der Waals surface area contributed by atoms with Gasteiger partial charge in [0.05, 0.1) is 0 Å². The van der Waals surface area contributed by atoms with Gasteiger partial charge in [-0.15, -0.1) is 0 Å². The summed E-state index contributed by atoms with van der Waals surface area (Å²) in [5, 5.41) is 0. The van der Waals surface area contributed by atoms with Crippen LogP contribution in [0.15, 0.2) is 28.7 Å². The Morgan fingerprint density at radius 2 is 2.25 bits per heavy atom. The maximum Gasteiger partial charge on any atom is 0.223 e. The molecule has 0 bridgehead atoms. The van der Waals surface area contributed by atoms with Crippen LogP contribution in [0.5, 0.6) is 0 Å². The smallest absolute Gasteiger partial charge is 0.223 e. The van der Waals surface area contributed by atoms with Crippen molar-refractivity contribution < 1.29 is 4.79 Å². The molecule has 1 saturated heterocycles. The fourth-order valence-corrected chi connectivity index (χ4v) is 3.44. The van der Waals surface area contributed by atoms with Crippen LogP contribution in [0.1, 0.15) is 38.7 Å². The second kappa shape index (κ2) is 6.27. The Morgan fingerprint density at radius 3 is 2.90 bits per heavy atom. The molecule has 0 aliphatic carbocycles. The fourth-order valence-electron chi connectivity index (χ4n) is 2.99. The van der Waals surface area contributed by atoms with Crippen LogP contribution in [0.25, 0.3) is 0 Å². The third kappa shape index (κ3) is 3.83. The second-order valence-corrected chi connectivity index (χ2v) is 7.16.